The molecule has 0 saturated carbocycles. The predicted molar refractivity (Wildman–Crippen MR) is 78.5 cm³/mol. The topological polar surface area (TPSA) is 38.8 Å². The number of alkyl halides is 3. The number of methoxy groups -OCH3 is 1. The molecule has 7 heteroatoms. The summed E-state index contributed by atoms with van der Waals surface area (Å²) < 4.78 is 49.2. The number of ether oxygens (including phenoxy) is 2. The van der Waals surface area contributed by atoms with Crippen LogP contribution in [0.25, 0.3) is 0 Å². The highest BCUT2D eigenvalue weighted by molar-refractivity contribution is 5.90. The van der Waals surface area contributed by atoms with Gasteiger partial charge in [0.15, 0.2) is 0 Å². The summed E-state index contributed by atoms with van der Waals surface area (Å²) in [5.41, 5.74) is 0.0391. The molecule has 0 N–H and O–H groups in total. The number of carbonyl (C=O) groups excluding carboxylic acids is 1. The maximum atomic E-state index is 13.2. The fourth-order valence-electron chi connectivity index (χ4n) is 2.53. The molecule has 0 spiro atoms. The monoisotopic (exact) mass is 331 g/mol. The molecule has 1 atom stereocenters. The number of carbonyl (C=O) groups is 1. The first-order valence-corrected chi connectivity index (χ1v) is 7.54. The van der Waals surface area contributed by atoms with Crippen molar-refractivity contribution in [2.24, 2.45) is 0 Å². The van der Waals surface area contributed by atoms with Gasteiger partial charge in [-0.2, -0.15) is 13.2 Å². The number of benzene rings is 1. The van der Waals surface area contributed by atoms with Crippen LogP contribution >= 0.6 is 0 Å². The lowest BCUT2D eigenvalue weighted by Gasteiger charge is -2.31. The number of hydrogen-bond acceptors (Lipinski definition) is 4. The second-order valence-electron chi connectivity index (χ2n) is 5.53. The first-order valence-electron chi connectivity index (χ1n) is 7.54. The van der Waals surface area contributed by atoms with Gasteiger partial charge >= 0.3 is 12.1 Å². The van der Waals surface area contributed by atoms with Crippen molar-refractivity contribution >= 4 is 5.97 Å². The van der Waals surface area contributed by atoms with Gasteiger partial charge in [-0.25, -0.2) is 4.79 Å². The van der Waals surface area contributed by atoms with Gasteiger partial charge in [-0.1, -0.05) is 12.5 Å². The van der Waals surface area contributed by atoms with Gasteiger partial charge in [-0.15, -0.1) is 0 Å². The van der Waals surface area contributed by atoms with E-state index in [1.54, 1.807) is 11.0 Å². The molecule has 128 valence electrons. The Morgan fingerprint density at radius 1 is 1.26 bits per heavy atom. The summed E-state index contributed by atoms with van der Waals surface area (Å²) in [6.07, 6.45) is -3.95. The maximum absolute atomic E-state index is 13.2. The lowest BCUT2D eigenvalue weighted by atomic mass is 10.1. The quantitative estimate of drug-likeness (QED) is 0.776. The van der Waals surface area contributed by atoms with Crippen LogP contribution in [0.4, 0.5) is 13.2 Å². The van der Waals surface area contributed by atoms with Crippen LogP contribution < -0.4 is 4.74 Å². The molecule has 23 heavy (non-hydrogen) atoms. The number of likely N-dealkylation sites (tertiary alicyclic amines) is 1. The van der Waals surface area contributed by atoms with E-state index in [-0.39, 0.29) is 12.1 Å². The molecule has 0 aromatic heterocycles. The Labute approximate surface area is 133 Å². The van der Waals surface area contributed by atoms with Gasteiger partial charge in [0, 0.05) is 6.54 Å². The van der Waals surface area contributed by atoms with E-state index in [4.69, 9.17) is 9.47 Å². The minimum Gasteiger partial charge on any atom is -0.497 e. The molecule has 2 rings (SSSR count). The van der Waals surface area contributed by atoms with Crippen molar-refractivity contribution in [3.05, 3.63) is 29.8 Å². The van der Waals surface area contributed by atoms with E-state index in [1.165, 1.54) is 25.3 Å². The van der Waals surface area contributed by atoms with Crippen molar-refractivity contribution in [1.29, 1.82) is 0 Å². The van der Waals surface area contributed by atoms with Crippen molar-refractivity contribution in [3.63, 3.8) is 0 Å². The highest BCUT2D eigenvalue weighted by atomic mass is 19.4. The Hall–Kier alpha value is -1.76. The maximum Gasteiger partial charge on any atom is 0.426 e. The third-order valence-corrected chi connectivity index (χ3v) is 3.79. The molecule has 4 nitrogen and oxygen atoms in total. The number of rotatable bonds is 5. The summed E-state index contributed by atoms with van der Waals surface area (Å²) in [7, 11) is 1.42. The second kappa shape index (κ2) is 7.68. The van der Waals surface area contributed by atoms with Crippen LogP contribution in [-0.2, 0) is 4.74 Å². The molecule has 1 aliphatic heterocycles. The van der Waals surface area contributed by atoms with Gasteiger partial charge in [0.05, 0.1) is 12.7 Å². The average Bonchev–Trinajstić information content (AvgIpc) is 2.54. The Morgan fingerprint density at radius 2 is 1.96 bits per heavy atom. The largest absolute Gasteiger partial charge is 0.497 e. The first kappa shape index (κ1) is 17.6. The highest BCUT2D eigenvalue weighted by Crippen LogP contribution is 2.26. The summed E-state index contributed by atoms with van der Waals surface area (Å²) in [5.74, 6) is -0.609. The zero-order chi connectivity index (χ0) is 16.9. The molecule has 1 aliphatic rings. The molecule has 1 aromatic rings. The fourth-order valence-corrected chi connectivity index (χ4v) is 2.53. The van der Waals surface area contributed by atoms with Crippen LogP contribution in [0.1, 0.15) is 29.6 Å². The molecule has 1 fully saturated rings. The minimum atomic E-state index is -4.59. The summed E-state index contributed by atoms with van der Waals surface area (Å²) >= 11 is 0. The summed E-state index contributed by atoms with van der Waals surface area (Å²) in [4.78, 5) is 13.7. The number of nitrogens with zero attached hydrogens (tertiary/aromatic N) is 1. The Balaban J connectivity index is 2.05. The number of halogens is 3. The lowest BCUT2D eigenvalue weighted by molar-refractivity contribution is -0.209. The van der Waals surface area contributed by atoms with Gasteiger partial charge in [-0.05, 0) is 44.1 Å². The van der Waals surface area contributed by atoms with Gasteiger partial charge in [0.1, 0.15) is 5.75 Å². The van der Waals surface area contributed by atoms with Crippen LogP contribution in [0, 0.1) is 0 Å². The fraction of sp³-hybridized carbons (Fsp3) is 0.562. The molecule has 0 unspecified atom stereocenters. The molecule has 0 bridgehead atoms. The SMILES string of the molecule is COc1cccc(C(=O)O[C@H](CN2CCCCC2)C(F)(F)F)c1. The van der Waals surface area contributed by atoms with Crippen LogP contribution in [0.3, 0.4) is 0 Å². The van der Waals surface area contributed by atoms with Gasteiger partial charge in [0.25, 0.3) is 0 Å². The molecule has 1 aromatic carbocycles. The van der Waals surface area contributed by atoms with Crippen LogP contribution in [0.2, 0.25) is 0 Å². The first-order chi connectivity index (χ1) is 10.9. The Morgan fingerprint density at radius 3 is 2.57 bits per heavy atom. The van der Waals surface area contributed by atoms with E-state index in [0.29, 0.717) is 18.8 Å². The smallest absolute Gasteiger partial charge is 0.426 e. The van der Waals surface area contributed by atoms with Crippen molar-refractivity contribution < 1.29 is 27.4 Å². The third-order valence-electron chi connectivity index (χ3n) is 3.79. The minimum absolute atomic E-state index is 0.0391. The highest BCUT2D eigenvalue weighted by Gasteiger charge is 2.44. The molecule has 0 radical (unpaired) electrons. The van der Waals surface area contributed by atoms with E-state index in [9.17, 15) is 18.0 Å². The predicted octanol–water partition coefficient (Wildman–Crippen LogP) is 3.27. The molecular formula is C16H20F3NO3. The van der Waals surface area contributed by atoms with Gasteiger partial charge in [0.2, 0.25) is 6.10 Å². The number of hydrogen-bond donors (Lipinski definition) is 0. The number of esters is 1. The van der Waals surface area contributed by atoms with Crippen molar-refractivity contribution in [2.75, 3.05) is 26.7 Å². The van der Waals surface area contributed by atoms with E-state index >= 15 is 0 Å². The zero-order valence-corrected chi connectivity index (χ0v) is 12.9. The van der Waals surface area contributed by atoms with Gasteiger partial charge in [-0.3, -0.25) is 4.90 Å². The summed E-state index contributed by atoms with van der Waals surface area (Å²) in [5, 5.41) is 0. The standard InChI is InChI=1S/C16H20F3NO3/c1-22-13-7-5-6-12(10-13)15(21)23-14(16(17,18)19)11-20-8-3-2-4-9-20/h5-7,10,14H,2-4,8-9,11H2,1H3/t14-/m1/s1. The van der Waals surface area contributed by atoms with Crippen LogP contribution in [0.15, 0.2) is 24.3 Å². The number of piperidine rings is 1. The van der Waals surface area contributed by atoms with Crippen molar-refractivity contribution in [2.45, 2.75) is 31.5 Å². The van der Waals surface area contributed by atoms with Crippen LogP contribution in [0.5, 0.6) is 5.75 Å². The van der Waals surface area contributed by atoms with Crippen LogP contribution in [-0.4, -0.2) is 49.9 Å². The van der Waals surface area contributed by atoms with E-state index in [0.717, 1.165) is 19.3 Å². The third kappa shape index (κ3) is 5.13. The normalized spacial score (nSPS) is 17.6. The van der Waals surface area contributed by atoms with E-state index in [2.05, 4.69) is 0 Å². The van der Waals surface area contributed by atoms with Crippen molar-refractivity contribution in [1.82, 2.24) is 4.90 Å². The molecule has 1 saturated heterocycles. The molecule has 0 amide bonds. The molecule has 1 heterocycles. The van der Waals surface area contributed by atoms with E-state index in [1.807, 2.05) is 0 Å². The lowest BCUT2D eigenvalue weighted by Crippen LogP contribution is -2.45. The Bertz CT molecular complexity index is 528. The van der Waals surface area contributed by atoms with Gasteiger partial charge < -0.3 is 9.47 Å². The molecular weight excluding hydrogens is 311 g/mol. The van der Waals surface area contributed by atoms with Crippen molar-refractivity contribution in [3.8, 4) is 5.75 Å². The zero-order valence-electron chi connectivity index (χ0n) is 12.9. The summed E-state index contributed by atoms with van der Waals surface area (Å²) in [6, 6.07) is 5.89. The Kier molecular flexibility index (Phi) is 5.87. The summed E-state index contributed by atoms with van der Waals surface area (Å²) in [6.45, 7) is 0.881. The average molecular weight is 331 g/mol. The second-order valence-corrected chi connectivity index (χ2v) is 5.53. The molecule has 0 aliphatic carbocycles. The van der Waals surface area contributed by atoms with E-state index < -0.39 is 18.2 Å².